The van der Waals surface area contributed by atoms with E-state index in [9.17, 15) is 42.2 Å². The number of carbonyl (C=O) groups excluding carboxylic acids is 1. The summed E-state index contributed by atoms with van der Waals surface area (Å²) >= 11 is 0. The molecule has 2 aliphatic carbocycles. The Labute approximate surface area is 262 Å². The first-order chi connectivity index (χ1) is 21.8. The normalized spacial score (nSPS) is 22.5. The first kappa shape index (κ1) is 33.2. The molecule has 246 valence electrons. The number of ether oxygens (including phenoxy) is 2. The number of hydrogen-bond acceptors (Lipinski definition) is 5. The third-order valence-electron chi connectivity index (χ3n) is 9.25. The van der Waals surface area contributed by atoms with E-state index in [1.54, 1.807) is 0 Å². The van der Waals surface area contributed by atoms with E-state index < -0.39 is 53.0 Å². The zero-order chi connectivity index (χ0) is 33.2. The molecule has 0 spiro atoms. The van der Waals surface area contributed by atoms with Gasteiger partial charge < -0.3 is 25.0 Å². The number of alkyl halides is 3. The van der Waals surface area contributed by atoms with E-state index in [4.69, 9.17) is 9.47 Å². The molecule has 46 heavy (non-hydrogen) atoms. The van der Waals surface area contributed by atoms with Crippen molar-refractivity contribution >= 4 is 28.6 Å². The molecule has 3 unspecified atom stereocenters. The number of hydrogen-bond donors (Lipinski definition) is 3. The monoisotopic (exact) mass is 645 g/mol. The van der Waals surface area contributed by atoms with E-state index in [0.29, 0.717) is 35.6 Å². The predicted octanol–water partition coefficient (Wildman–Crippen LogP) is 6.84. The van der Waals surface area contributed by atoms with Gasteiger partial charge in [-0.25, -0.2) is 14.0 Å². The maximum atomic E-state index is 14.1. The van der Waals surface area contributed by atoms with Crippen LogP contribution >= 0.6 is 0 Å². The molecule has 3 aromatic rings. The van der Waals surface area contributed by atoms with E-state index in [-0.39, 0.29) is 36.4 Å². The summed E-state index contributed by atoms with van der Waals surface area (Å²) < 4.78 is 64.7. The second-order valence-electron chi connectivity index (χ2n) is 12.5. The molecule has 0 aliphatic heterocycles. The lowest BCUT2D eigenvalue weighted by Crippen LogP contribution is -2.57. The first-order valence-electron chi connectivity index (χ1n) is 15.1. The van der Waals surface area contributed by atoms with Crippen molar-refractivity contribution in [1.29, 1.82) is 0 Å². The molecular formula is C34H35F4NO7. The van der Waals surface area contributed by atoms with Crippen molar-refractivity contribution in [2.75, 3.05) is 6.61 Å². The molecule has 5 rings (SSSR count). The molecule has 2 bridgehead atoms. The molecule has 12 heteroatoms. The van der Waals surface area contributed by atoms with Gasteiger partial charge in [0.15, 0.2) is 6.10 Å². The van der Waals surface area contributed by atoms with Crippen LogP contribution in [-0.2, 0) is 27.1 Å². The Morgan fingerprint density at radius 2 is 1.76 bits per heavy atom. The SMILES string of the molecule is C[C@@H](OCC1CC2CCCC([C@H](NC(=O)c3ccc4cc(F)ccc4c3OCc3ccc(C(F)(F)F)cc3)C(=O)O)(C2)C1)C(=O)O. The maximum absolute atomic E-state index is 14.1. The summed E-state index contributed by atoms with van der Waals surface area (Å²) in [6.45, 7) is 1.39. The van der Waals surface area contributed by atoms with E-state index in [2.05, 4.69) is 5.32 Å². The Balaban J connectivity index is 1.42. The fraction of sp³-hybridized carbons (Fsp3) is 0.441. The summed E-state index contributed by atoms with van der Waals surface area (Å²) in [4.78, 5) is 37.9. The van der Waals surface area contributed by atoms with E-state index in [1.807, 2.05) is 0 Å². The third-order valence-corrected chi connectivity index (χ3v) is 9.25. The van der Waals surface area contributed by atoms with Gasteiger partial charge in [0.25, 0.3) is 5.91 Å². The predicted molar refractivity (Wildman–Crippen MR) is 159 cm³/mol. The quantitative estimate of drug-likeness (QED) is 0.195. The highest BCUT2D eigenvalue weighted by molar-refractivity contribution is 6.05. The van der Waals surface area contributed by atoms with Gasteiger partial charge in [-0.1, -0.05) is 31.0 Å². The summed E-state index contributed by atoms with van der Waals surface area (Å²) in [6.07, 6.45) is -1.48. The largest absolute Gasteiger partial charge is 0.487 e. The van der Waals surface area contributed by atoms with E-state index in [0.717, 1.165) is 31.4 Å². The number of nitrogens with one attached hydrogen (secondary N) is 1. The first-order valence-corrected chi connectivity index (χ1v) is 15.1. The van der Waals surface area contributed by atoms with Crippen molar-refractivity contribution in [3.8, 4) is 5.75 Å². The molecule has 0 aromatic heterocycles. The molecular weight excluding hydrogens is 610 g/mol. The Morgan fingerprint density at radius 3 is 2.43 bits per heavy atom. The van der Waals surface area contributed by atoms with Crippen LogP contribution in [0.1, 0.15) is 66.9 Å². The van der Waals surface area contributed by atoms with Crippen LogP contribution in [0.4, 0.5) is 17.6 Å². The van der Waals surface area contributed by atoms with Crippen molar-refractivity contribution in [2.24, 2.45) is 17.3 Å². The van der Waals surface area contributed by atoms with Crippen LogP contribution in [0.25, 0.3) is 10.8 Å². The fourth-order valence-corrected chi connectivity index (χ4v) is 7.13. The number of amides is 1. The number of carboxylic acid groups (broad SMARTS) is 2. The van der Waals surface area contributed by atoms with Crippen molar-refractivity contribution in [3.05, 3.63) is 77.1 Å². The number of aliphatic carboxylic acids is 2. The van der Waals surface area contributed by atoms with Gasteiger partial charge in [0.05, 0.1) is 17.7 Å². The number of benzene rings is 3. The van der Waals surface area contributed by atoms with Crippen molar-refractivity contribution in [2.45, 2.75) is 70.4 Å². The average molecular weight is 646 g/mol. The minimum Gasteiger partial charge on any atom is -0.487 e. The van der Waals surface area contributed by atoms with Gasteiger partial charge in [-0.05, 0) is 91.8 Å². The Kier molecular flexibility index (Phi) is 9.57. The molecule has 0 saturated heterocycles. The van der Waals surface area contributed by atoms with E-state index in [1.165, 1.54) is 49.4 Å². The summed E-state index contributed by atoms with van der Waals surface area (Å²) in [7, 11) is 0. The summed E-state index contributed by atoms with van der Waals surface area (Å²) in [5.74, 6) is -3.39. The third kappa shape index (κ3) is 7.27. The van der Waals surface area contributed by atoms with Gasteiger partial charge in [0, 0.05) is 10.8 Å². The van der Waals surface area contributed by atoms with Gasteiger partial charge >= 0.3 is 18.1 Å². The van der Waals surface area contributed by atoms with Crippen LogP contribution in [-0.4, -0.2) is 46.8 Å². The molecule has 2 fully saturated rings. The van der Waals surface area contributed by atoms with Crippen LogP contribution in [0.2, 0.25) is 0 Å². The minimum atomic E-state index is -4.51. The molecule has 2 saturated carbocycles. The topological polar surface area (TPSA) is 122 Å². The van der Waals surface area contributed by atoms with Crippen LogP contribution in [0.5, 0.6) is 5.75 Å². The number of carboxylic acids is 2. The average Bonchev–Trinajstić information content (AvgIpc) is 3.00. The molecule has 0 radical (unpaired) electrons. The summed E-state index contributed by atoms with van der Waals surface area (Å²) in [5, 5.41) is 23.2. The second kappa shape index (κ2) is 13.3. The summed E-state index contributed by atoms with van der Waals surface area (Å²) in [5.41, 5.74) is -1.23. The number of fused-ring (bicyclic) bond motifs is 3. The standard InChI is InChI=1S/C34H35F4NO7/c1-19(31(41)42)45-18-22-13-21-3-2-12-33(15-21,16-22)29(32(43)44)39-30(40)27-10-6-23-14-25(35)9-11-26(23)28(27)46-17-20-4-7-24(8-5-20)34(36,37)38/h4-11,14,19,21-22,29H,2-3,12-13,15-18H2,1H3,(H,39,40)(H,41,42)(H,43,44)/t19-,21?,22?,29-,33?/m1/s1. The smallest absolute Gasteiger partial charge is 0.416 e. The molecule has 8 nitrogen and oxygen atoms in total. The highest BCUT2D eigenvalue weighted by Gasteiger charge is 2.51. The maximum Gasteiger partial charge on any atom is 0.416 e. The molecule has 1 amide bonds. The Hall–Kier alpha value is -4.19. The van der Waals surface area contributed by atoms with Gasteiger partial charge in [0.2, 0.25) is 0 Å². The van der Waals surface area contributed by atoms with Crippen molar-refractivity contribution < 1.29 is 51.6 Å². The lowest BCUT2D eigenvalue weighted by molar-refractivity contribution is -0.152. The van der Waals surface area contributed by atoms with Gasteiger partial charge in [-0.15, -0.1) is 0 Å². The highest BCUT2D eigenvalue weighted by atomic mass is 19.4. The lowest BCUT2D eigenvalue weighted by atomic mass is 9.56. The zero-order valence-electron chi connectivity index (χ0n) is 25.1. The molecule has 5 atom stereocenters. The molecule has 2 aliphatic rings. The van der Waals surface area contributed by atoms with Gasteiger partial charge in [-0.3, -0.25) is 4.79 Å². The zero-order valence-corrected chi connectivity index (χ0v) is 25.1. The van der Waals surface area contributed by atoms with Crippen molar-refractivity contribution in [1.82, 2.24) is 5.32 Å². The Morgan fingerprint density at radius 1 is 1.02 bits per heavy atom. The summed E-state index contributed by atoms with van der Waals surface area (Å²) in [6, 6.07) is 9.86. The minimum absolute atomic E-state index is 0.00740. The Bertz CT molecular complexity index is 1610. The number of halogens is 4. The second-order valence-corrected chi connectivity index (χ2v) is 12.5. The molecule has 0 heterocycles. The van der Waals surface area contributed by atoms with Crippen LogP contribution in [0, 0.1) is 23.1 Å². The highest BCUT2D eigenvalue weighted by Crippen LogP contribution is 2.53. The van der Waals surface area contributed by atoms with Crippen molar-refractivity contribution in [3.63, 3.8) is 0 Å². The number of rotatable bonds is 11. The fourth-order valence-electron chi connectivity index (χ4n) is 7.13. The van der Waals surface area contributed by atoms with Crippen LogP contribution in [0.15, 0.2) is 54.6 Å². The lowest BCUT2D eigenvalue weighted by Gasteiger charge is -2.51. The van der Waals surface area contributed by atoms with Gasteiger partial charge in [-0.2, -0.15) is 13.2 Å². The molecule has 3 aromatic carbocycles. The number of carbonyl (C=O) groups is 3. The van der Waals surface area contributed by atoms with E-state index >= 15 is 0 Å². The molecule has 3 N–H and O–H groups in total. The van der Waals surface area contributed by atoms with Gasteiger partial charge in [0.1, 0.15) is 24.2 Å². The van der Waals surface area contributed by atoms with Crippen LogP contribution in [0.3, 0.4) is 0 Å². The van der Waals surface area contributed by atoms with Crippen LogP contribution < -0.4 is 10.1 Å².